The molecular weight excluding hydrogens is 258 g/mol. The van der Waals surface area contributed by atoms with Crippen molar-refractivity contribution in [3.8, 4) is 5.75 Å². The normalized spacial score (nSPS) is 17.1. The molecule has 1 aromatic rings. The smallest absolute Gasteiger partial charge is 0.329 e. The van der Waals surface area contributed by atoms with Gasteiger partial charge >= 0.3 is 5.97 Å². The van der Waals surface area contributed by atoms with Crippen LogP contribution in [0.4, 0.5) is 0 Å². The van der Waals surface area contributed by atoms with Crippen LogP contribution in [0.3, 0.4) is 0 Å². The van der Waals surface area contributed by atoms with E-state index in [0.29, 0.717) is 25.0 Å². The summed E-state index contributed by atoms with van der Waals surface area (Å²) in [4.78, 5) is 23.2. The lowest BCUT2D eigenvalue weighted by molar-refractivity contribution is -0.144. The first-order valence-corrected chi connectivity index (χ1v) is 6.75. The second-order valence-electron chi connectivity index (χ2n) is 5.21. The van der Waals surface area contributed by atoms with E-state index in [1.54, 1.807) is 6.07 Å². The van der Waals surface area contributed by atoms with Gasteiger partial charge in [0.15, 0.2) is 6.10 Å². The molecule has 0 aliphatic heterocycles. The van der Waals surface area contributed by atoms with Gasteiger partial charge in [0.25, 0.3) is 5.91 Å². The number of carboxylic acid groups (broad SMARTS) is 1. The Morgan fingerprint density at radius 2 is 2.15 bits per heavy atom. The monoisotopic (exact) mass is 277 g/mol. The van der Waals surface area contributed by atoms with E-state index < -0.39 is 17.6 Å². The molecular formula is C15H19NO4. The molecule has 1 atom stereocenters. The van der Waals surface area contributed by atoms with Crippen LogP contribution in [0.1, 0.15) is 31.7 Å². The molecule has 1 aliphatic rings. The topological polar surface area (TPSA) is 75.6 Å². The van der Waals surface area contributed by atoms with Crippen LogP contribution in [0, 0.1) is 6.92 Å². The van der Waals surface area contributed by atoms with Gasteiger partial charge in [0.2, 0.25) is 0 Å². The SMILES string of the molecule is CCC(Oc1cccc(C)c1)C(=O)NC1(C(=O)O)CC1. The summed E-state index contributed by atoms with van der Waals surface area (Å²) in [5, 5.41) is 11.7. The summed E-state index contributed by atoms with van der Waals surface area (Å²) in [5.74, 6) is -0.725. The Bertz CT molecular complexity index is 522. The van der Waals surface area contributed by atoms with E-state index in [2.05, 4.69) is 5.32 Å². The molecule has 0 bridgehead atoms. The zero-order valence-corrected chi connectivity index (χ0v) is 11.7. The molecule has 0 aromatic heterocycles. The number of nitrogens with one attached hydrogen (secondary N) is 1. The molecule has 2 rings (SSSR count). The van der Waals surface area contributed by atoms with Crippen LogP contribution in [-0.2, 0) is 9.59 Å². The molecule has 1 aromatic carbocycles. The van der Waals surface area contributed by atoms with Gasteiger partial charge in [0, 0.05) is 0 Å². The Morgan fingerprint density at radius 3 is 2.65 bits per heavy atom. The Kier molecular flexibility index (Phi) is 3.97. The Balaban J connectivity index is 2.01. The highest BCUT2D eigenvalue weighted by atomic mass is 16.5. The first-order chi connectivity index (χ1) is 9.47. The number of amides is 1. The number of hydrogen-bond acceptors (Lipinski definition) is 3. The number of aryl methyl sites for hydroxylation is 1. The molecule has 5 heteroatoms. The highest BCUT2D eigenvalue weighted by Crippen LogP contribution is 2.35. The molecule has 0 radical (unpaired) electrons. The van der Waals surface area contributed by atoms with E-state index in [-0.39, 0.29) is 5.91 Å². The molecule has 0 spiro atoms. The summed E-state index contributed by atoms with van der Waals surface area (Å²) >= 11 is 0. The van der Waals surface area contributed by atoms with Gasteiger partial charge in [-0.25, -0.2) is 4.79 Å². The van der Waals surface area contributed by atoms with Gasteiger partial charge in [0.1, 0.15) is 11.3 Å². The van der Waals surface area contributed by atoms with Crippen LogP contribution >= 0.6 is 0 Å². The highest BCUT2D eigenvalue weighted by Gasteiger charge is 2.52. The van der Waals surface area contributed by atoms with Gasteiger partial charge in [-0.15, -0.1) is 0 Å². The summed E-state index contributed by atoms with van der Waals surface area (Å²) in [5.41, 5.74) is -0.0255. The molecule has 1 aliphatic carbocycles. The molecule has 0 heterocycles. The maximum Gasteiger partial charge on any atom is 0.329 e. The lowest BCUT2D eigenvalue weighted by atomic mass is 10.2. The van der Waals surface area contributed by atoms with Crippen molar-refractivity contribution in [3.63, 3.8) is 0 Å². The number of benzene rings is 1. The predicted molar refractivity (Wildman–Crippen MR) is 73.6 cm³/mol. The minimum atomic E-state index is -1.07. The third-order valence-electron chi connectivity index (χ3n) is 3.45. The summed E-state index contributed by atoms with van der Waals surface area (Å²) in [6.07, 6.45) is 0.771. The van der Waals surface area contributed by atoms with Crippen molar-refractivity contribution in [2.75, 3.05) is 0 Å². The van der Waals surface area contributed by atoms with E-state index in [0.717, 1.165) is 5.56 Å². The number of carbonyl (C=O) groups is 2. The third-order valence-corrected chi connectivity index (χ3v) is 3.45. The number of carbonyl (C=O) groups excluding carboxylic acids is 1. The zero-order chi connectivity index (χ0) is 14.8. The van der Waals surface area contributed by atoms with E-state index in [1.807, 2.05) is 32.0 Å². The molecule has 5 nitrogen and oxygen atoms in total. The second kappa shape index (κ2) is 5.53. The van der Waals surface area contributed by atoms with Gasteiger partial charge in [-0.2, -0.15) is 0 Å². The minimum Gasteiger partial charge on any atom is -0.481 e. The fourth-order valence-corrected chi connectivity index (χ4v) is 2.01. The number of carboxylic acids is 1. The van der Waals surface area contributed by atoms with Crippen molar-refractivity contribution in [1.29, 1.82) is 0 Å². The van der Waals surface area contributed by atoms with Crippen molar-refractivity contribution in [3.05, 3.63) is 29.8 Å². The number of aliphatic carboxylic acids is 1. The summed E-state index contributed by atoms with van der Waals surface area (Å²) < 4.78 is 5.65. The summed E-state index contributed by atoms with van der Waals surface area (Å²) in [6, 6.07) is 7.43. The average Bonchev–Trinajstić information content (AvgIpc) is 3.17. The van der Waals surface area contributed by atoms with Crippen molar-refractivity contribution in [2.45, 2.75) is 44.8 Å². The van der Waals surface area contributed by atoms with Crippen molar-refractivity contribution >= 4 is 11.9 Å². The molecule has 1 unspecified atom stereocenters. The minimum absolute atomic E-state index is 0.367. The Labute approximate surface area is 117 Å². The zero-order valence-electron chi connectivity index (χ0n) is 11.7. The van der Waals surface area contributed by atoms with Gasteiger partial charge in [0.05, 0.1) is 0 Å². The van der Waals surface area contributed by atoms with Gasteiger partial charge in [-0.05, 0) is 43.9 Å². The van der Waals surface area contributed by atoms with Crippen molar-refractivity contribution < 1.29 is 19.4 Å². The van der Waals surface area contributed by atoms with Gasteiger partial charge in [-0.1, -0.05) is 19.1 Å². The van der Waals surface area contributed by atoms with E-state index >= 15 is 0 Å². The van der Waals surface area contributed by atoms with Gasteiger partial charge < -0.3 is 15.2 Å². The predicted octanol–water partition coefficient (Wildman–Crippen LogP) is 1.89. The molecule has 1 fully saturated rings. The maximum absolute atomic E-state index is 12.1. The Morgan fingerprint density at radius 1 is 1.45 bits per heavy atom. The summed E-state index contributed by atoms with van der Waals surface area (Å²) in [6.45, 7) is 3.78. The van der Waals surface area contributed by atoms with Crippen molar-refractivity contribution in [2.24, 2.45) is 0 Å². The standard InChI is InChI=1S/C15H19NO4/c1-3-12(20-11-6-4-5-10(2)9-11)13(17)16-15(7-8-15)14(18)19/h4-6,9,12H,3,7-8H2,1-2H3,(H,16,17)(H,18,19). The lowest BCUT2D eigenvalue weighted by Crippen LogP contribution is -2.48. The van der Waals surface area contributed by atoms with Crippen LogP contribution < -0.4 is 10.1 Å². The Hall–Kier alpha value is -2.04. The molecule has 2 N–H and O–H groups in total. The lowest BCUT2D eigenvalue weighted by Gasteiger charge is -2.20. The van der Waals surface area contributed by atoms with E-state index in [9.17, 15) is 9.59 Å². The van der Waals surface area contributed by atoms with Crippen LogP contribution in [0.5, 0.6) is 5.75 Å². The maximum atomic E-state index is 12.1. The number of ether oxygens (including phenoxy) is 1. The molecule has 1 saturated carbocycles. The van der Waals surface area contributed by atoms with Crippen LogP contribution in [-0.4, -0.2) is 28.6 Å². The fraction of sp³-hybridized carbons (Fsp3) is 0.467. The molecule has 1 amide bonds. The van der Waals surface area contributed by atoms with Crippen LogP contribution in [0.2, 0.25) is 0 Å². The molecule has 0 saturated heterocycles. The number of hydrogen-bond donors (Lipinski definition) is 2. The first-order valence-electron chi connectivity index (χ1n) is 6.75. The second-order valence-corrected chi connectivity index (χ2v) is 5.21. The highest BCUT2D eigenvalue weighted by molar-refractivity contribution is 5.91. The fourth-order valence-electron chi connectivity index (χ4n) is 2.01. The van der Waals surface area contributed by atoms with Crippen LogP contribution in [0.15, 0.2) is 24.3 Å². The van der Waals surface area contributed by atoms with E-state index in [4.69, 9.17) is 9.84 Å². The third kappa shape index (κ3) is 3.10. The van der Waals surface area contributed by atoms with E-state index in [1.165, 1.54) is 0 Å². The van der Waals surface area contributed by atoms with Gasteiger partial charge in [-0.3, -0.25) is 4.79 Å². The average molecular weight is 277 g/mol. The number of rotatable bonds is 6. The summed E-state index contributed by atoms with van der Waals surface area (Å²) in [7, 11) is 0. The van der Waals surface area contributed by atoms with Crippen molar-refractivity contribution in [1.82, 2.24) is 5.32 Å². The molecule has 108 valence electrons. The quantitative estimate of drug-likeness (QED) is 0.832. The first kappa shape index (κ1) is 14.4. The molecule has 20 heavy (non-hydrogen) atoms. The van der Waals surface area contributed by atoms with Crippen LogP contribution in [0.25, 0.3) is 0 Å². The largest absolute Gasteiger partial charge is 0.481 e.